The average molecular weight is 567 g/mol. The number of hydrogen-bond acceptors (Lipinski definition) is 12. The van der Waals surface area contributed by atoms with Crippen LogP contribution >= 0.6 is 22.7 Å². The SMILES string of the molecule is COc1ccnc(CC(=O)Nc2nnc([C@H]3CC[C@H](c4nnc(NC(=O)Cc5cc(OC)ccn5)s4)C3)s2)c1. The number of nitrogens with zero attached hydrogens (tertiary/aromatic N) is 6. The number of nitrogens with one attached hydrogen (secondary N) is 2. The van der Waals surface area contributed by atoms with Crippen LogP contribution in [0.15, 0.2) is 36.7 Å². The number of carbonyl (C=O) groups is 2. The lowest BCUT2D eigenvalue weighted by Crippen LogP contribution is -2.15. The molecule has 0 aromatic carbocycles. The fraction of sp³-hybridized carbons (Fsp3) is 0.360. The summed E-state index contributed by atoms with van der Waals surface area (Å²) in [6.07, 6.45) is 6.17. The van der Waals surface area contributed by atoms with E-state index in [-0.39, 0.29) is 36.5 Å². The number of amides is 2. The Morgan fingerprint density at radius 2 is 1.26 bits per heavy atom. The molecule has 2 atom stereocenters. The molecule has 0 unspecified atom stereocenters. The summed E-state index contributed by atoms with van der Waals surface area (Å²) < 4.78 is 10.4. The zero-order valence-electron chi connectivity index (χ0n) is 21.3. The molecule has 2 amide bonds. The number of aromatic nitrogens is 6. The van der Waals surface area contributed by atoms with Crippen LogP contribution in [0.1, 0.15) is 52.5 Å². The summed E-state index contributed by atoms with van der Waals surface area (Å²) in [5, 5.41) is 25.3. The van der Waals surface area contributed by atoms with Gasteiger partial charge in [-0.2, -0.15) is 0 Å². The molecule has 202 valence electrons. The largest absolute Gasteiger partial charge is 0.497 e. The molecule has 14 heteroatoms. The Balaban J connectivity index is 1.12. The van der Waals surface area contributed by atoms with Crippen molar-refractivity contribution < 1.29 is 19.1 Å². The van der Waals surface area contributed by atoms with Gasteiger partial charge in [0.25, 0.3) is 0 Å². The Bertz CT molecular complexity index is 1350. The first kappa shape index (κ1) is 26.6. The number of anilines is 2. The summed E-state index contributed by atoms with van der Waals surface area (Å²) in [5.41, 5.74) is 1.22. The molecule has 1 fully saturated rings. The smallest absolute Gasteiger partial charge is 0.232 e. The maximum atomic E-state index is 12.5. The van der Waals surface area contributed by atoms with E-state index in [0.29, 0.717) is 33.1 Å². The van der Waals surface area contributed by atoms with E-state index in [9.17, 15) is 9.59 Å². The molecule has 4 aromatic heterocycles. The molecule has 0 aliphatic heterocycles. The molecule has 0 spiro atoms. The standard InChI is InChI=1S/C25H26N8O4S2/c1-36-18-5-7-26-16(10-18)12-20(34)28-24-32-30-22(38-24)14-3-4-15(9-14)23-31-33-25(39-23)29-21(35)13-17-11-19(37-2)6-8-27-17/h5-8,10-11,14-15H,3-4,9,12-13H2,1-2H3,(H,28,32,34)(H,29,33,35)/t14-,15-/m0/s1. The minimum atomic E-state index is -0.214. The summed E-state index contributed by atoms with van der Waals surface area (Å²) in [4.78, 5) is 33.3. The number of carbonyl (C=O) groups excluding carboxylic acids is 2. The van der Waals surface area contributed by atoms with Crippen molar-refractivity contribution >= 4 is 44.8 Å². The van der Waals surface area contributed by atoms with Gasteiger partial charge in [-0.1, -0.05) is 22.7 Å². The molecule has 1 saturated carbocycles. The fourth-order valence-corrected chi connectivity index (χ4v) is 6.16. The molecule has 4 aromatic rings. The third kappa shape index (κ3) is 6.89. The second-order valence-electron chi connectivity index (χ2n) is 8.92. The second kappa shape index (κ2) is 12.2. The van der Waals surface area contributed by atoms with Crippen LogP contribution in [0.5, 0.6) is 11.5 Å². The summed E-state index contributed by atoms with van der Waals surface area (Å²) in [6, 6.07) is 6.92. The summed E-state index contributed by atoms with van der Waals surface area (Å²) in [7, 11) is 3.14. The van der Waals surface area contributed by atoms with E-state index in [1.54, 1.807) is 50.9 Å². The van der Waals surface area contributed by atoms with Crippen molar-refractivity contribution in [2.24, 2.45) is 0 Å². The van der Waals surface area contributed by atoms with E-state index in [1.807, 2.05) is 0 Å². The summed E-state index contributed by atoms with van der Waals surface area (Å²) >= 11 is 2.77. The van der Waals surface area contributed by atoms with E-state index >= 15 is 0 Å². The number of methoxy groups -OCH3 is 2. The molecule has 5 rings (SSSR count). The van der Waals surface area contributed by atoms with Gasteiger partial charge in [0.05, 0.1) is 38.4 Å². The van der Waals surface area contributed by atoms with Crippen molar-refractivity contribution in [1.82, 2.24) is 30.4 Å². The summed E-state index contributed by atoms with van der Waals surface area (Å²) in [5.74, 6) is 1.31. The highest BCUT2D eigenvalue weighted by Gasteiger charge is 2.32. The normalized spacial score (nSPS) is 16.6. The predicted molar refractivity (Wildman–Crippen MR) is 145 cm³/mol. The molecule has 2 N–H and O–H groups in total. The zero-order valence-corrected chi connectivity index (χ0v) is 22.9. The lowest BCUT2D eigenvalue weighted by molar-refractivity contribution is -0.116. The van der Waals surface area contributed by atoms with Crippen molar-refractivity contribution in [1.29, 1.82) is 0 Å². The van der Waals surface area contributed by atoms with Gasteiger partial charge < -0.3 is 20.1 Å². The minimum Gasteiger partial charge on any atom is -0.497 e. The van der Waals surface area contributed by atoms with Crippen LogP contribution in [0.3, 0.4) is 0 Å². The first-order chi connectivity index (χ1) is 19.0. The molecular weight excluding hydrogens is 540 g/mol. The Labute approximate surface area is 232 Å². The summed E-state index contributed by atoms with van der Waals surface area (Å²) in [6.45, 7) is 0. The molecule has 12 nitrogen and oxygen atoms in total. The second-order valence-corrected chi connectivity index (χ2v) is 10.9. The maximum absolute atomic E-state index is 12.5. The number of rotatable bonds is 10. The van der Waals surface area contributed by atoms with E-state index in [0.717, 1.165) is 29.3 Å². The van der Waals surface area contributed by atoms with E-state index in [4.69, 9.17) is 9.47 Å². The first-order valence-corrected chi connectivity index (χ1v) is 13.9. The molecule has 0 radical (unpaired) electrons. The molecule has 39 heavy (non-hydrogen) atoms. The third-order valence-electron chi connectivity index (χ3n) is 6.24. The Morgan fingerprint density at radius 1 is 0.795 bits per heavy atom. The number of hydrogen-bond donors (Lipinski definition) is 2. The lowest BCUT2D eigenvalue weighted by atomic mass is 10.1. The Morgan fingerprint density at radius 3 is 1.69 bits per heavy atom. The average Bonchev–Trinajstić information content (AvgIpc) is 3.70. The topological polar surface area (TPSA) is 154 Å². The molecule has 1 aliphatic rings. The van der Waals surface area contributed by atoms with Gasteiger partial charge in [0.1, 0.15) is 21.5 Å². The quantitative estimate of drug-likeness (QED) is 0.291. The van der Waals surface area contributed by atoms with Crippen LogP contribution in [-0.2, 0) is 22.4 Å². The van der Waals surface area contributed by atoms with Gasteiger partial charge in [-0.3, -0.25) is 19.6 Å². The van der Waals surface area contributed by atoms with Crippen molar-refractivity contribution in [3.8, 4) is 11.5 Å². The maximum Gasteiger partial charge on any atom is 0.232 e. The van der Waals surface area contributed by atoms with Crippen LogP contribution in [0.2, 0.25) is 0 Å². The monoisotopic (exact) mass is 566 g/mol. The van der Waals surface area contributed by atoms with Gasteiger partial charge in [-0.15, -0.1) is 20.4 Å². The molecular formula is C25H26N8O4S2. The molecule has 4 heterocycles. The Hall–Kier alpha value is -4.04. The van der Waals surface area contributed by atoms with Crippen LogP contribution in [0.25, 0.3) is 0 Å². The predicted octanol–water partition coefficient (Wildman–Crippen LogP) is 3.61. The van der Waals surface area contributed by atoms with Gasteiger partial charge in [0, 0.05) is 36.4 Å². The van der Waals surface area contributed by atoms with Crippen molar-refractivity contribution in [3.63, 3.8) is 0 Å². The molecule has 0 saturated heterocycles. The van der Waals surface area contributed by atoms with Gasteiger partial charge in [-0.25, -0.2) is 0 Å². The van der Waals surface area contributed by atoms with Crippen LogP contribution in [0.4, 0.5) is 10.3 Å². The molecule has 0 bridgehead atoms. The van der Waals surface area contributed by atoms with Crippen LogP contribution in [-0.4, -0.2) is 56.4 Å². The van der Waals surface area contributed by atoms with Gasteiger partial charge in [0.2, 0.25) is 22.1 Å². The third-order valence-corrected chi connectivity index (χ3v) is 8.24. The van der Waals surface area contributed by atoms with Crippen LogP contribution in [0, 0.1) is 0 Å². The Kier molecular flexibility index (Phi) is 8.32. The number of pyridine rings is 2. The minimum absolute atomic E-state index is 0.115. The van der Waals surface area contributed by atoms with E-state index in [1.165, 1.54) is 22.7 Å². The highest BCUT2D eigenvalue weighted by Crippen LogP contribution is 2.45. The molecule has 1 aliphatic carbocycles. The van der Waals surface area contributed by atoms with Gasteiger partial charge >= 0.3 is 0 Å². The van der Waals surface area contributed by atoms with E-state index < -0.39 is 0 Å². The van der Waals surface area contributed by atoms with Gasteiger partial charge in [0.15, 0.2) is 0 Å². The first-order valence-electron chi connectivity index (χ1n) is 12.2. The van der Waals surface area contributed by atoms with Crippen molar-refractivity contribution in [3.05, 3.63) is 58.1 Å². The van der Waals surface area contributed by atoms with Crippen LogP contribution < -0.4 is 20.1 Å². The number of ether oxygens (including phenoxy) is 2. The van der Waals surface area contributed by atoms with E-state index in [2.05, 4.69) is 41.0 Å². The highest BCUT2D eigenvalue weighted by molar-refractivity contribution is 7.15. The fourth-order valence-electron chi connectivity index (χ4n) is 4.35. The lowest BCUT2D eigenvalue weighted by Gasteiger charge is -2.05. The van der Waals surface area contributed by atoms with Crippen molar-refractivity contribution in [2.45, 2.75) is 43.9 Å². The van der Waals surface area contributed by atoms with Gasteiger partial charge in [-0.05, 0) is 31.4 Å². The highest BCUT2D eigenvalue weighted by atomic mass is 32.1. The zero-order chi connectivity index (χ0) is 27.2. The van der Waals surface area contributed by atoms with Crippen molar-refractivity contribution in [2.75, 3.05) is 24.9 Å².